The van der Waals surface area contributed by atoms with Gasteiger partial charge in [0.05, 0.1) is 12.3 Å². The maximum absolute atomic E-state index is 5.61. The van der Waals surface area contributed by atoms with Gasteiger partial charge in [0.1, 0.15) is 5.75 Å². The fourth-order valence-corrected chi connectivity index (χ4v) is 2.47. The first kappa shape index (κ1) is 13.9. The van der Waals surface area contributed by atoms with Gasteiger partial charge in [-0.3, -0.25) is 5.10 Å². The molecule has 0 aliphatic carbocycles. The second-order valence-electron chi connectivity index (χ2n) is 5.25. The number of nitrogens with zero attached hydrogens (tertiary/aromatic N) is 2. The Morgan fingerprint density at radius 3 is 2.67 bits per heavy atom. The van der Waals surface area contributed by atoms with Gasteiger partial charge in [0.15, 0.2) is 5.82 Å². The van der Waals surface area contributed by atoms with E-state index >= 15 is 0 Å². The van der Waals surface area contributed by atoms with Crippen LogP contribution in [-0.4, -0.2) is 43.0 Å². The summed E-state index contributed by atoms with van der Waals surface area (Å²) in [5.74, 6) is 1.94. The Labute approximate surface area is 125 Å². The van der Waals surface area contributed by atoms with Crippen molar-refractivity contribution in [3.63, 3.8) is 0 Å². The second kappa shape index (κ2) is 6.63. The van der Waals surface area contributed by atoms with Crippen LogP contribution in [0.25, 0.3) is 11.3 Å². The van der Waals surface area contributed by atoms with Crippen molar-refractivity contribution in [2.75, 3.05) is 37.7 Å². The van der Waals surface area contributed by atoms with E-state index in [1.165, 1.54) is 0 Å². The van der Waals surface area contributed by atoms with Gasteiger partial charge in [-0.15, -0.1) is 0 Å². The molecular weight excluding hydrogens is 264 g/mol. The van der Waals surface area contributed by atoms with Gasteiger partial charge in [-0.05, 0) is 36.2 Å². The number of H-pyrrole nitrogens is 1. The third kappa shape index (κ3) is 3.36. The summed E-state index contributed by atoms with van der Waals surface area (Å²) in [5.41, 5.74) is 2.18. The van der Waals surface area contributed by atoms with Crippen LogP contribution in [0.4, 0.5) is 5.82 Å². The van der Waals surface area contributed by atoms with Crippen LogP contribution in [0.3, 0.4) is 0 Å². The van der Waals surface area contributed by atoms with Crippen LogP contribution in [0.1, 0.15) is 13.3 Å². The van der Waals surface area contributed by atoms with E-state index in [1.807, 2.05) is 12.1 Å². The Morgan fingerprint density at radius 2 is 1.95 bits per heavy atom. The van der Waals surface area contributed by atoms with Crippen LogP contribution in [0, 0.1) is 0 Å². The smallest absolute Gasteiger partial charge is 0.151 e. The lowest BCUT2D eigenvalue weighted by Crippen LogP contribution is -2.43. The number of rotatable bonds is 5. The highest BCUT2D eigenvalue weighted by atomic mass is 16.5. The first-order valence-electron chi connectivity index (χ1n) is 7.61. The number of piperazine rings is 1. The van der Waals surface area contributed by atoms with Gasteiger partial charge in [-0.1, -0.05) is 6.92 Å². The van der Waals surface area contributed by atoms with Crippen molar-refractivity contribution in [3.8, 4) is 17.0 Å². The largest absolute Gasteiger partial charge is 0.494 e. The number of nitrogens with one attached hydrogen (secondary N) is 2. The molecule has 1 saturated heterocycles. The van der Waals surface area contributed by atoms with Crippen LogP contribution in [-0.2, 0) is 0 Å². The van der Waals surface area contributed by atoms with Crippen LogP contribution in [0.15, 0.2) is 30.3 Å². The molecule has 0 spiro atoms. The number of hydrogen-bond donors (Lipinski definition) is 2. The highest BCUT2D eigenvalue weighted by molar-refractivity contribution is 5.64. The van der Waals surface area contributed by atoms with Gasteiger partial charge in [-0.2, -0.15) is 5.10 Å². The average molecular weight is 286 g/mol. The minimum absolute atomic E-state index is 0.760. The standard InChI is InChI=1S/C16H22N4O/c1-2-11-21-14-5-3-13(4-6-14)15-12-16(19-18-15)20-9-7-17-8-10-20/h3-6,12,17H,2,7-11H2,1H3,(H,18,19). The zero-order valence-electron chi connectivity index (χ0n) is 12.4. The number of ether oxygens (including phenoxy) is 1. The van der Waals surface area contributed by atoms with E-state index < -0.39 is 0 Å². The predicted molar refractivity (Wildman–Crippen MR) is 84.9 cm³/mol. The first-order chi connectivity index (χ1) is 10.4. The molecular formula is C16H22N4O. The lowest BCUT2D eigenvalue weighted by Gasteiger charge is -2.26. The van der Waals surface area contributed by atoms with Crippen molar-refractivity contribution in [2.24, 2.45) is 0 Å². The van der Waals surface area contributed by atoms with E-state index in [4.69, 9.17) is 4.74 Å². The quantitative estimate of drug-likeness (QED) is 0.885. The van der Waals surface area contributed by atoms with Gasteiger partial charge in [-0.25, -0.2) is 0 Å². The summed E-state index contributed by atoms with van der Waals surface area (Å²) in [6.07, 6.45) is 1.02. The van der Waals surface area contributed by atoms with Gasteiger partial charge in [0.25, 0.3) is 0 Å². The molecule has 5 nitrogen and oxygen atoms in total. The molecule has 3 rings (SSSR count). The molecule has 2 heterocycles. The average Bonchev–Trinajstić information content (AvgIpc) is 3.04. The monoisotopic (exact) mass is 286 g/mol. The molecule has 0 atom stereocenters. The Bertz CT molecular complexity index is 558. The molecule has 2 aromatic rings. The van der Waals surface area contributed by atoms with Gasteiger partial charge in [0, 0.05) is 32.2 Å². The molecule has 1 fully saturated rings. The topological polar surface area (TPSA) is 53.2 Å². The first-order valence-corrected chi connectivity index (χ1v) is 7.61. The lowest BCUT2D eigenvalue weighted by molar-refractivity contribution is 0.317. The molecule has 1 aliphatic rings. The van der Waals surface area contributed by atoms with Crippen molar-refractivity contribution >= 4 is 5.82 Å². The highest BCUT2D eigenvalue weighted by Crippen LogP contribution is 2.24. The number of hydrogen-bond acceptors (Lipinski definition) is 4. The zero-order valence-corrected chi connectivity index (χ0v) is 12.4. The molecule has 0 radical (unpaired) electrons. The zero-order chi connectivity index (χ0) is 14.5. The number of benzene rings is 1. The summed E-state index contributed by atoms with van der Waals surface area (Å²) in [6.45, 7) is 6.92. The van der Waals surface area contributed by atoms with Crippen LogP contribution in [0.2, 0.25) is 0 Å². The Morgan fingerprint density at radius 1 is 1.19 bits per heavy atom. The van der Waals surface area contributed by atoms with Gasteiger partial charge >= 0.3 is 0 Å². The van der Waals surface area contributed by atoms with Gasteiger partial charge in [0.2, 0.25) is 0 Å². The van der Waals surface area contributed by atoms with Crippen LogP contribution >= 0.6 is 0 Å². The van der Waals surface area contributed by atoms with Crippen molar-refractivity contribution < 1.29 is 4.74 Å². The molecule has 0 bridgehead atoms. The minimum Gasteiger partial charge on any atom is -0.494 e. The molecule has 5 heteroatoms. The fraction of sp³-hybridized carbons (Fsp3) is 0.438. The Balaban J connectivity index is 1.70. The fourth-order valence-electron chi connectivity index (χ4n) is 2.47. The second-order valence-corrected chi connectivity index (χ2v) is 5.25. The highest BCUT2D eigenvalue weighted by Gasteiger charge is 2.13. The summed E-state index contributed by atoms with van der Waals surface area (Å²) in [7, 11) is 0. The normalized spacial score (nSPS) is 15.2. The molecule has 1 aromatic carbocycles. The minimum atomic E-state index is 0.760. The van der Waals surface area contributed by atoms with Gasteiger partial charge < -0.3 is 15.0 Å². The molecule has 0 saturated carbocycles. The number of aromatic amines is 1. The molecule has 2 N–H and O–H groups in total. The van der Waals surface area contributed by atoms with Crippen molar-refractivity contribution in [3.05, 3.63) is 30.3 Å². The van der Waals surface area contributed by atoms with E-state index in [1.54, 1.807) is 0 Å². The van der Waals surface area contributed by atoms with E-state index in [0.29, 0.717) is 0 Å². The van der Waals surface area contributed by atoms with E-state index in [2.05, 4.69) is 45.5 Å². The van der Waals surface area contributed by atoms with Crippen molar-refractivity contribution in [2.45, 2.75) is 13.3 Å². The summed E-state index contributed by atoms with van der Waals surface area (Å²) in [4.78, 5) is 2.30. The lowest BCUT2D eigenvalue weighted by atomic mass is 10.1. The summed E-state index contributed by atoms with van der Waals surface area (Å²) < 4.78 is 5.61. The van der Waals surface area contributed by atoms with Crippen molar-refractivity contribution in [1.82, 2.24) is 15.5 Å². The molecule has 0 amide bonds. The number of anilines is 1. The van der Waals surface area contributed by atoms with Crippen LogP contribution < -0.4 is 15.0 Å². The van der Waals surface area contributed by atoms with E-state index in [-0.39, 0.29) is 0 Å². The molecule has 1 aliphatic heterocycles. The Hall–Kier alpha value is -2.01. The molecule has 1 aromatic heterocycles. The third-order valence-corrected chi connectivity index (χ3v) is 3.64. The summed E-state index contributed by atoms with van der Waals surface area (Å²) >= 11 is 0. The van der Waals surface area contributed by atoms with Crippen LogP contribution in [0.5, 0.6) is 5.75 Å². The maximum Gasteiger partial charge on any atom is 0.151 e. The predicted octanol–water partition coefficient (Wildman–Crippen LogP) is 2.28. The molecule has 0 unspecified atom stereocenters. The third-order valence-electron chi connectivity index (χ3n) is 3.64. The SMILES string of the molecule is CCCOc1ccc(-c2cc(N3CCNCC3)n[nH]2)cc1. The summed E-state index contributed by atoms with van der Waals surface area (Å²) in [6, 6.07) is 10.3. The van der Waals surface area contributed by atoms with Crippen molar-refractivity contribution in [1.29, 1.82) is 0 Å². The molecule has 112 valence electrons. The maximum atomic E-state index is 5.61. The number of aromatic nitrogens is 2. The van der Waals surface area contributed by atoms with E-state index in [0.717, 1.165) is 62.0 Å². The Kier molecular flexibility index (Phi) is 4.40. The van der Waals surface area contributed by atoms with E-state index in [9.17, 15) is 0 Å². The summed E-state index contributed by atoms with van der Waals surface area (Å²) in [5, 5.41) is 10.9. The molecule has 21 heavy (non-hydrogen) atoms.